The molecule has 102 valence electrons. The van der Waals surface area contributed by atoms with Crippen LogP contribution in [-0.2, 0) is 0 Å². The number of nitriles is 1. The maximum absolute atomic E-state index is 8.78. The zero-order valence-corrected chi connectivity index (χ0v) is 11.3. The summed E-state index contributed by atoms with van der Waals surface area (Å²) >= 11 is 0. The van der Waals surface area contributed by atoms with E-state index in [2.05, 4.69) is 26.7 Å². The van der Waals surface area contributed by atoms with E-state index in [0.29, 0.717) is 22.9 Å². The molecule has 0 saturated carbocycles. The first-order chi connectivity index (χ1) is 9.78. The molecule has 0 aliphatic carbocycles. The SMILES string of the molecule is CCNc1ncnc(Nc2ccc(C#N)cc2)c1OC. The minimum Gasteiger partial charge on any atom is -0.490 e. The highest BCUT2D eigenvalue weighted by molar-refractivity contribution is 5.69. The Kier molecular flexibility index (Phi) is 4.35. The van der Waals surface area contributed by atoms with Gasteiger partial charge in [0.15, 0.2) is 11.6 Å². The fraction of sp³-hybridized carbons (Fsp3) is 0.214. The van der Waals surface area contributed by atoms with E-state index in [-0.39, 0.29) is 0 Å². The predicted octanol–water partition coefficient (Wildman–Crippen LogP) is 2.53. The molecule has 1 heterocycles. The largest absolute Gasteiger partial charge is 0.490 e. The molecule has 20 heavy (non-hydrogen) atoms. The molecule has 0 unspecified atom stereocenters. The lowest BCUT2D eigenvalue weighted by molar-refractivity contribution is 0.415. The van der Waals surface area contributed by atoms with Gasteiger partial charge in [0.05, 0.1) is 18.7 Å². The van der Waals surface area contributed by atoms with Crippen LogP contribution in [0.1, 0.15) is 12.5 Å². The third-order valence-electron chi connectivity index (χ3n) is 2.63. The summed E-state index contributed by atoms with van der Waals surface area (Å²) in [6.45, 7) is 2.72. The quantitative estimate of drug-likeness (QED) is 0.867. The lowest BCUT2D eigenvalue weighted by Crippen LogP contribution is -2.05. The van der Waals surface area contributed by atoms with Crippen molar-refractivity contribution in [2.45, 2.75) is 6.92 Å². The second-order valence-corrected chi connectivity index (χ2v) is 3.95. The number of nitrogens with one attached hydrogen (secondary N) is 2. The first kappa shape index (κ1) is 13.6. The van der Waals surface area contributed by atoms with Crippen molar-refractivity contribution in [3.63, 3.8) is 0 Å². The topological polar surface area (TPSA) is 82.9 Å². The highest BCUT2D eigenvalue weighted by atomic mass is 16.5. The molecule has 1 aromatic carbocycles. The van der Waals surface area contributed by atoms with Gasteiger partial charge in [0.25, 0.3) is 0 Å². The Labute approximate surface area is 117 Å². The normalized spacial score (nSPS) is 9.65. The number of rotatable bonds is 5. The molecule has 1 aromatic heterocycles. The number of methoxy groups -OCH3 is 1. The van der Waals surface area contributed by atoms with Gasteiger partial charge < -0.3 is 15.4 Å². The van der Waals surface area contributed by atoms with Gasteiger partial charge in [-0.15, -0.1) is 0 Å². The maximum atomic E-state index is 8.78. The van der Waals surface area contributed by atoms with E-state index in [9.17, 15) is 0 Å². The highest BCUT2D eigenvalue weighted by Crippen LogP contribution is 2.30. The molecule has 0 amide bonds. The summed E-state index contributed by atoms with van der Waals surface area (Å²) in [5, 5.41) is 15.0. The molecule has 0 aliphatic heterocycles. The molecular weight excluding hydrogens is 254 g/mol. The number of aromatic nitrogens is 2. The molecule has 0 atom stereocenters. The lowest BCUT2D eigenvalue weighted by Gasteiger charge is -2.13. The standard InChI is InChI=1S/C14H15N5O/c1-3-16-13-12(20-2)14(18-9-17-13)19-11-6-4-10(8-15)5-7-11/h4-7,9H,3H2,1-2H3,(H2,16,17,18,19). The third kappa shape index (κ3) is 2.95. The second-order valence-electron chi connectivity index (χ2n) is 3.95. The third-order valence-corrected chi connectivity index (χ3v) is 2.63. The molecule has 0 spiro atoms. The van der Waals surface area contributed by atoms with E-state index >= 15 is 0 Å². The molecule has 6 nitrogen and oxygen atoms in total. The van der Waals surface area contributed by atoms with Crippen molar-refractivity contribution < 1.29 is 4.74 Å². The van der Waals surface area contributed by atoms with E-state index in [1.165, 1.54) is 6.33 Å². The number of hydrogen-bond acceptors (Lipinski definition) is 6. The summed E-state index contributed by atoms with van der Waals surface area (Å²) in [5.74, 6) is 1.77. The van der Waals surface area contributed by atoms with Crippen molar-refractivity contribution in [3.05, 3.63) is 36.2 Å². The second kappa shape index (κ2) is 6.38. The van der Waals surface area contributed by atoms with Crippen LogP contribution in [0.2, 0.25) is 0 Å². The van der Waals surface area contributed by atoms with Crippen LogP contribution in [0.5, 0.6) is 5.75 Å². The minimum atomic E-state index is 0.554. The summed E-state index contributed by atoms with van der Waals surface area (Å²) < 4.78 is 5.34. The fourth-order valence-corrected chi connectivity index (χ4v) is 1.71. The van der Waals surface area contributed by atoms with Crippen molar-refractivity contribution in [3.8, 4) is 11.8 Å². The van der Waals surface area contributed by atoms with Crippen molar-refractivity contribution >= 4 is 17.3 Å². The molecule has 6 heteroatoms. The Bertz CT molecular complexity index is 618. The Hall–Kier alpha value is -2.81. The first-order valence-corrected chi connectivity index (χ1v) is 6.18. The van der Waals surface area contributed by atoms with Crippen molar-refractivity contribution in [1.82, 2.24) is 9.97 Å². The maximum Gasteiger partial charge on any atom is 0.204 e. The monoisotopic (exact) mass is 269 g/mol. The van der Waals surface area contributed by atoms with Crippen LogP contribution in [0.25, 0.3) is 0 Å². The predicted molar refractivity (Wildman–Crippen MR) is 77.2 cm³/mol. The lowest BCUT2D eigenvalue weighted by atomic mass is 10.2. The molecule has 0 bridgehead atoms. The van der Waals surface area contributed by atoms with Crippen molar-refractivity contribution in [2.24, 2.45) is 0 Å². The van der Waals surface area contributed by atoms with Crippen molar-refractivity contribution in [2.75, 3.05) is 24.3 Å². The van der Waals surface area contributed by atoms with Crippen LogP contribution in [0.4, 0.5) is 17.3 Å². The van der Waals surface area contributed by atoms with E-state index in [4.69, 9.17) is 10.00 Å². The van der Waals surface area contributed by atoms with Gasteiger partial charge in [0.2, 0.25) is 5.75 Å². The molecule has 0 aliphatic rings. The van der Waals surface area contributed by atoms with Crippen molar-refractivity contribution in [1.29, 1.82) is 5.26 Å². The van der Waals surface area contributed by atoms with Gasteiger partial charge in [0, 0.05) is 12.2 Å². The average Bonchev–Trinajstić information content (AvgIpc) is 2.49. The van der Waals surface area contributed by atoms with E-state index in [1.807, 2.05) is 19.1 Å². The number of hydrogen-bond donors (Lipinski definition) is 2. The summed E-state index contributed by atoms with van der Waals surface area (Å²) in [5.41, 5.74) is 1.43. The average molecular weight is 269 g/mol. The van der Waals surface area contributed by atoms with Gasteiger partial charge in [-0.3, -0.25) is 0 Å². The van der Waals surface area contributed by atoms with Gasteiger partial charge in [-0.05, 0) is 31.2 Å². The number of anilines is 3. The van der Waals surface area contributed by atoms with Gasteiger partial charge in [-0.1, -0.05) is 0 Å². The van der Waals surface area contributed by atoms with Crippen LogP contribution in [0, 0.1) is 11.3 Å². The number of benzene rings is 1. The molecule has 2 rings (SSSR count). The van der Waals surface area contributed by atoms with Gasteiger partial charge >= 0.3 is 0 Å². The molecule has 2 N–H and O–H groups in total. The van der Waals surface area contributed by atoms with E-state index in [0.717, 1.165) is 12.2 Å². The summed E-state index contributed by atoms with van der Waals surface area (Å²) in [7, 11) is 1.57. The van der Waals surface area contributed by atoms with Gasteiger partial charge in [-0.25, -0.2) is 9.97 Å². The molecule has 0 radical (unpaired) electrons. The minimum absolute atomic E-state index is 0.554. The Morgan fingerprint density at radius 2 is 1.90 bits per heavy atom. The highest BCUT2D eigenvalue weighted by Gasteiger charge is 2.11. The molecular formula is C14H15N5O. The van der Waals surface area contributed by atoms with Crippen LogP contribution < -0.4 is 15.4 Å². The van der Waals surface area contributed by atoms with Crippen LogP contribution in [-0.4, -0.2) is 23.6 Å². The van der Waals surface area contributed by atoms with Crippen LogP contribution in [0.3, 0.4) is 0 Å². The van der Waals surface area contributed by atoms with Crippen LogP contribution in [0.15, 0.2) is 30.6 Å². The van der Waals surface area contributed by atoms with Gasteiger partial charge in [0.1, 0.15) is 6.33 Å². The number of nitrogens with zero attached hydrogens (tertiary/aromatic N) is 3. The Morgan fingerprint density at radius 3 is 2.50 bits per heavy atom. The number of ether oxygens (including phenoxy) is 1. The fourth-order valence-electron chi connectivity index (χ4n) is 1.71. The zero-order valence-electron chi connectivity index (χ0n) is 11.3. The van der Waals surface area contributed by atoms with Crippen LogP contribution >= 0.6 is 0 Å². The summed E-state index contributed by atoms with van der Waals surface area (Å²) in [6.07, 6.45) is 1.46. The van der Waals surface area contributed by atoms with E-state index in [1.54, 1.807) is 19.2 Å². The molecule has 2 aromatic rings. The molecule has 0 fully saturated rings. The Balaban J connectivity index is 2.28. The van der Waals surface area contributed by atoms with Gasteiger partial charge in [-0.2, -0.15) is 5.26 Å². The Morgan fingerprint density at radius 1 is 1.20 bits per heavy atom. The zero-order chi connectivity index (χ0) is 14.4. The smallest absolute Gasteiger partial charge is 0.204 e. The molecule has 0 saturated heterocycles. The summed E-state index contributed by atoms with van der Waals surface area (Å²) in [6, 6.07) is 9.18. The van der Waals surface area contributed by atoms with E-state index < -0.39 is 0 Å². The first-order valence-electron chi connectivity index (χ1n) is 6.18. The summed E-state index contributed by atoms with van der Waals surface area (Å²) in [4.78, 5) is 8.32.